The Hall–Kier alpha value is -2.02. The lowest BCUT2D eigenvalue weighted by Crippen LogP contribution is -2.48. The van der Waals surface area contributed by atoms with Gasteiger partial charge in [-0.2, -0.15) is 0 Å². The normalized spacial score (nSPS) is 23.9. The fourth-order valence-electron chi connectivity index (χ4n) is 4.34. The zero-order chi connectivity index (χ0) is 19.0. The van der Waals surface area contributed by atoms with Crippen LogP contribution in [0.2, 0.25) is 0 Å². The van der Waals surface area contributed by atoms with E-state index in [0.717, 1.165) is 31.3 Å². The van der Waals surface area contributed by atoms with Gasteiger partial charge >= 0.3 is 6.09 Å². The molecule has 3 aliphatic heterocycles. The summed E-state index contributed by atoms with van der Waals surface area (Å²) in [6.07, 6.45) is 3.53. The first-order chi connectivity index (χ1) is 12.9. The van der Waals surface area contributed by atoms with Crippen LogP contribution in [0.25, 0.3) is 0 Å². The highest BCUT2D eigenvalue weighted by molar-refractivity contribution is 5.91. The van der Waals surface area contributed by atoms with E-state index in [4.69, 9.17) is 9.15 Å². The highest BCUT2D eigenvalue weighted by Crippen LogP contribution is 2.33. The second kappa shape index (κ2) is 7.19. The number of carbonyl (C=O) groups excluding carboxylic acids is 2. The molecule has 0 aliphatic carbocycles. The number of hydrogen-bond acceptors (Lipinski definition) is 5. The minimum Gasteiger partial charge on any atom is -0.455 e. The molecule has 0 saturated carbocycles. The molecular formula is C20H29N3O4. The van der Waals surface area contributed by atoms with Gasteiger partial charge in [0, 0.05) is 33.0 Å². The molecule has 148 valence electrons. The minimum absolute atomic E-state index is 0.0685. The van der Waals surface area contributed by atoms with E-state index in [1.54, 1.807) is 18.0 Å². The maximum Gasteiger partial charge on any atom is 0.410 e. The lowest BCUT2D eigenvalue weighted by molar-refractivity contribution is 0.00222. The second-order valence-corrected chi connectivity index (χ2v) is 8.42. The lowest BCUT2D eigenvalue weighted by atomic mass is 9.91. The number of furan rings is 1. The molecule has 3 fully saturated rings. The van der Waals surface area contributed by atoms with Crippen LogP contribution in [0.1, 0.15) is 48.9 Å². The van der Waals surface area contributed by atoms with Crippen LogP contribution in [0, 0.1) is 5.92 Å². The van der Waals surface area contributed by atoms with E-state index >= 15 is 0 Å². The van der Waals surface area contributed by atoms with E-state index < -0.39 is 5.60 Å². The van der Waals surface area contributed by atoms with Crippen molar-refractivity contribution in [2.24, 2.45) is 5.92 Å². The van der Waals surface area contributed by atoms with Gasteiger partial charge in [0.25, 0.3) is 5.91 Å². The summed E-state index contributed by atoms with van der Waals surface area (Å²) in [5, 5.41) is 0. The van der Waals surface area contributed by atoms with Gasteiger partial charge in [-0.25, -0.2) is 4.79 Å². The van der Waals surface area contributed by atoms with Crippen molar-refractivity contribution in [2.45, 2.75) is 44.8 Å². The number of hydrogen-bond donors (Lipinski definition) is 0. The third-order valence-corrected chi connectivity index (χ3v) is 6.23. The number of nitrogens with zero attached hydrogens (tertiary/aromatic N) is 3. The maximum atomic E-state index is 12.8. The first-order valence-corrected chi connectivity index (χ1v) is 9.99. The summed E-state index contributed by atoms with van der Waals surface area (Å²) >= 11 is 0. The van der Waals surface area contributed by atoms with E-state index in [9.17, 15) is 9.59 Å². The van der Waals surface area contributed by atoms with E-state index in [-0.39, 0.29) is 12.0 Å². The molecule has 0 atom stereocenters. The molecule has 0 unspecified atom stereocenters. The number of likely N-dealkylation sites (N-methyl/N-ethyl adjacent to an activating group) is 1. The van der Waals surface area contributed by atoms with Crippen LogP contribution in [0.5, 0.6) is 0 Å². The van der Waals surface area contributed by atoms with Crippen LogP contribution in [-0.4, -0.2) is 72.1 Å². The molecule has 4 heterocycles. The summed E-state index contributed by atoms with van der Waals surface area (Å²) < 4.78 is 11.4. The van der Waals surface area contributed by atoms with Crippen LogP contribution < -0.4 is 0 Å². The van der Waals surface area contributed by atoms with Crippen molar-refractivity contribution in [1.82, 2.24) is 14.7 Å². The van der Waals surface area contributed by atoms with Crippen molar-refractivity contribution in [2.75, 3.05) is 39.8 Å². The Morgan fingerprint density at radius 3 is 2.52 bits per heavy atom. The zero-order valence-corrected chi connectivity index (χ0v) is 16.3. The summed E-state index contributed by atoms with van der Waals surface area (Å²) in [6, 6.07) is 3.71. The van der Waals surface area contributed by atoms with Crippen LogP contribution in [0.3, 0.4) is 0 Å². The van der Waals surface area contributed by atoms with Gasteiger partial charge in [0.1, 0.15) is 11.4 Å². The standard InChI is InChI=1S/C20H29N3O4/c1-15-5-9-22(10-6-15)13-16-3-4-17(26-16)18(24)23-11-7-20(8-12-23)14-21(2)19(25)27-20/h3-4,15H,5-14H2,1-2H3. The average molecular weight is 375 g/mol. The van der Waals surface area contributed by atoms with Gasteiger partial charge in [-0.15, -0.1) is 0 Å². The number of piperidine rings is 2. The SMILES string of the molecule is CC1CCN(Cc2ccc(C(=O)N3CCC4(CC3)CN(C)C(=O)O4)o2)CC1. The van der Waals surface area contributed by atoms with Gasteiger partial charge in [0.15, 0.2) is 5.76 Å². The first-order valence-electron chi connectivity index (χ1n) is 9.99. The molecule has 1 spiro atoms. The third-order valence-electron chi connectivity index (χ3n) is 6.23. The monoisotopic (exact) mass is 375 g/mol. The summed E-state index contributed by atoms with van der Waals surface area (Å²) in [4.78, 5) is 30.3. The molecule has 0 N–H and O–H groups in total. The topological polar surface area (TPSA) is 66.2 Å². The van der Waals surface area contributed by atoms with Crippen molar-refractivity contribution in [1.29, 1.82) is 0 Å². The Kier molecular flexibility index (Phi) is 4.88. The fourth-order valence-corrected chi connectivity index (χ4v) is 4.34. The average Bonchev–Trinajstić information content (AvgIpc) is 3.22. The summed E-state index contributed by atoms with van der Waals surface area (Å²) in [5.74, 6) is 2.00. The number of ether oxygens (including phenoxy) is 1. The smallest absolute Gasteiger partial charge is 0.410 e. The third kappa shape index (κ3) is 3.83. The Morgan fingerprint density at radius 1 is 1.19 bits per heavy atom. The number of likely N-dealkylation sites (tertiary alicyclic amines) is 2. The lowest BCUT2D eigenvalue weighted by Gasteiger charge is -2.36. The summed E-state index contributed by atoms with van der Waals surface area (Å²) in [5.41, 5.74) is -0.428. The largest absolute Gasteiger partial charge is 0.455 e. The Labute approximate surface area is 160 Å². The molecule has 0 bridgehead atoms. The van der Waals surface area contributed by atoms with E-state index in [1.807, 2.05) is 11.0 Å². The Bertz CT molecular complexity index is 700. The summed E-state index contributed by atoms with van der Waals surface area (Å²) in [7, 11) is 1.75. The molecule has 3 aliphatic rings. The van der Waals surface area contributed by atoms with E-state index in [1.165, 1.54) is 12.8 Å². The van der Waals surface area contributed by atoms with Gasteiger partial charge in [0.2, 0.25) is 0 Å². The molecule has 0 radical (unpaired) electrons. The Morgan fingerprint density at radius 2 is 1.89 bits per heavy atom. The molecule has 7 heteroatoms. The van der Waals surface area contributed by atoms with Crippen LogP contribution in [0.15, 0.2) is 16.5 Å². The number of amides is 2. The molecule has 4 rings (SSSR count). The van der Waals surface area contributed by atoms with Crippen LogP contribution in [-0.2, 0) is 11.3 Å². The van der Waals surface area contributed by atoms with Crippen molar-refractivity contribution < 1.29 is 18.7 Å². The molecular weight excluding hydrogens is 346 g/mol. The fraction of sp³-hybridized carbons (Fsp3) is 0.700. The van der Waals surface area contributed by atoms with Gasteiger partial charge in [0.05, 0.1) is 13.1 Å². The molecule has 7 nitrogen and oxygen atoms in total. The van der Waals surface area contributed by atoms with Crippen LogP contribution >= 0.6 is 0 Å². The molecule has 27 heavy (non-hydrogen) atoms. The number of rotatable bonds is 3. The van der Waals surface area contributed by atoms with E-state index in [2.05, 4.69) is 11.8 Å². The van der Waals surface area contributed by atoms with Crippen molar-refractivity contribution in [3.05, 3.63) is 23.7 Å². The van der Waals surface area contributed by atoms with Gasteiger partial charge < -0.3 is 19.0 Å². The second-order valence-electron chi connectivity index (χ2n) is 8.42. The molecule has 1 aromatic heterocycles. The van der Waals surface area contributed by atoms with E-state index in [0.29, 0.717) is 38.2 Å². The minimum atomic E-state index is -0.428. The van der Waals surface area contributed by atoms with Crippen molar-refractivity contribution in [3.8, 4) is 0 Å². The maximum absolute atomic E-state index is 12.8. The molecule has 2 amide bonds. The predicted octanol–water partition coefficient (Wildman–Crippen LogP) is 2.57. The highest BCUT2D eigenvalue weighted by Gasteiger charge is 2.46. The van der Waals surface area contributed by atoms with Gasteiger partial charge in [-0.1, -0.05) is 6.92 Å². The van der Waals surface area contributed by atoms with Crippen molar-refractivity contribution in [3.63, 3.8) is 0 Å². The number of carbonyl (C=O) groups is 2. The highest BCUT2D eigenvalue weighted by atomic mass is 16.6. The van der Waals surface area contributed by atoms with Crippen LogP contribution in [0.4, 0.5) is 4.79 Å². The Balaban J connectivity index is 1.32. The zero-order valence-electron chi connectivity index (χ0n) is 16.3. The molecule has 0 aromatic carbocycles. The van der Waals surface area contributed by atoms with Gasteiger partial charge in [-0.05, 0) is 44.0 Å². The molecule has 1 aromatic rings. The molecule has 3 saturated heterocycles. The van der Waals surface area contributed by atoms with Crippen molar-refractivity contribution >= 4 is 12.0 Å². The predicted molar refractivity (Wildman–Crippen MR) is 99.4 cm³/mol. The van der Waals surface area contributed by atoms with Gasteiger partial charge in [-0.3, -0.25) is 9.69 Å². The first kappa shape index (κ1) is 18.3. The summed E-state index contributed by atoms with van der Waals surface area (Å²) in [6.45, 7) is 7.02. The quantitative estimate of drug-likeness (QED) is 0.812.